The molecule has 3 N–H and O–H groups in total. The van der Waals surface area contributed by atoms with Crippen LogP contribution in [0.15, 0.2) is 48.5 Å². The van der Waals surface area contributed by atoms with E-state index < -0.39 is 5.60 Å². The fraction of sp³-hybridized carbons (Fsp3) is 0.235. The molecule has 0 saturated heterocycles. The van der Waals surface area contributed by atoms with Gasteiger partial charge in [0.1, 0.15) is 0 Å². The van der Waals surface area contributed by atoms with Gasteiger partial charge < -0.3 is 15.7 Å². The Morgan fingerprint density at radius 1 is 1.09 bits per heavy atom. The molecule has 22 heavy (non-hydrogen) atoms. The van der Waals surface area contributed by atoms with Crippen LogP contribution in [0.25, 0.3) is 0 Å². The lowest BCUT2D eigenvalue weighted by Crippen LogP contribution is -2.45. The summed E-state index contributed by atoms with van der Waals surface area (Å²) in [5.74, 6) is 0. The fourth-order valence-electron chi connectivity index (χ4n) is 2.75. The first kappa shape index (κ1) is 14.9. The largest absolute Gasteiger partial charge is 0.387 e. The van der Waals surface area contributed by atoms with E-state index in [1.54, 1.807) is 24.3 Å². The van der Waals surface area contributed by atoms with Crippen molar-refractivity contribution in [3.63, 3.8) is 0 Å². The predicted octanol–water partition coefficient (Wildman–Crippen LogP) is 2.99. The number of amides is 2. The van der Waals surface area contributed by atoms with Gasteiger partial charge in [0.25, 0.3) is 0 Å². The van der Waals surface area contributed by atoms with Gasteiger partial charge in [0, 0.05) is 30.1 Å². The smallest absolute Gasteiger partial charge is 0.319 e. The molecule has 0 heterocycles. The van der Waals surface area contributed by atoms with E-state index in [1.807, 2.05) is 24.3 Å². The Bertz CT molecular complexity index is 660. The van der Waals surface area contributed by atoms with Gasteiger partial charge in [-0.25, -0.2) is 4.79 Å². The van der Waals surface area contributed by atoms with Crippen molar-refractivity contribution in [3.8, 4) is 0 Å². The summed E-state index contributed by atoms with van der Waals surface area (Å²) >= 11 is 5.80. The van der Waals surface area contributed by atoms with E-state index in [2.05, 4.69) is 10.6 Å². The van der Waals surface area contributed by atoms with Gasteiger partial charge in [-0.3, -0.25) is 0 Å². The first-order chi connectivity index (χ1) is 10.5. The summed E-state index contributed by atoms with van der Waals surface area (Å²) in [4.78, 5) is 11.9. The van der Waals surface area contributed by atoms with Gasteiger partial charge in [-0.2, -0.15) is 0 Å². The molecule has 1 aliphatic carbocycles. The van der Waals surface area contributed by atoms with Gasteiger partial charge in [0.2, 0.25) is 0 Å². The van der Waals surface area contributed by atoms with Crippen molar-refractivity contribution in [2.24, 2.45) is 0 Å². The minimum absolute atomic E-state index is 0.209. The highest BCUT2D eigenvalue weighted by molar-refractivity contribution is 6.30. The number of carbonyl (C=O) groups excluding carboxylic acids is 1. The molecule has 2 aromatic carbocycles. The molecule has 1 aliphatic rings. The second-order valence-corrected chi connectivity index (χ2v) is 6.10. The molecule has 2 amide bonds. The SMILES string of the molecule is O=C(NCC1(O)Cc2ccccc2C1)Nc1ccc(Cl)cc1. The minimum Gasteiger partial charge on any atom is -0.387 e. The number of nitrogens with one attached hydrogen (secondary N) is 2. The normalized spacial score (nSPS) is 15.2. The number of carbonyl (C=O) groups is 1. The maximum atomic E-state index is 11.9. The van der Waals surface area contributed by atoms with Crippen molar-refractivity contribution < 1.29 is 9.90 Å². The van der Waals surface area contributed by atoms with Gasteiger partial charge in [0.15, 0.2) is 0 Å². The highest BCUT2D eigenvalue weighted by atomic mass is 35.5. The quantitative estimate of drug-likeness (QED) is 0.815. The fourth-order valence-corrected chi connectivity index (χ4v) is 2.88. The molecule has 0 spiro atoms. The third kappa shape index (κ3) is 3.40. The molecule has 114 valence electrons. The first-order valence-corrected chi connectivity index (χ1v) is 7.51. The van der Waals surface area contributed by atoms with E-state index in [1.165, 1.54) is 0 Å². The molecule has 3 rings (SSSR count). The maximum absolute atomic E-state index is 11.9. The van der Waals surface area contributed by atoms with E-state index in [4.69, 9.17) is 11.6 Å². The molecule has 0 unspecified atom stereocenters. The Balaban J connectivity index is 1.54. The van der Waals surface area contributed by atoms with Crippen LogP contribution in [0.4, 0.5) is 10.5 Å². The Morgan fingerprint density at radius 2 is 1.68 bits per heavy atom. The van der Waals surface area contributed by atoms with Crippen molar-refractivity contribution in [2.45, 2.75) is 18.4 Å². The molecule has 4 nitrogen and oxygen atoms in total. The predicted molar refractivity (Wildman–Crippen MR) is 87.3 cm³/mol. The number of hydrogen-bond donors (Lipinski definition) is 3. The van der Waals surface area contributed by atoms with Crippen LogP contribution in [0, 0.1) is 0 Å². The zero-order chi connectivity index (χ0) is 15.6. The number of rotatable bonds is 3. The topological polar surface area (TPSA) is 61.4 Å². The highest BCUT2D eigenvalue weighted by Gasteiger charge is 2.35. The van der Waals surface area contributed by atoms with Crippen LogP contribution in [-0.2, 0) is 12.8 Å². The number of aliphatic hydroxyl groups is 1. The third-order valence-electron chi connectivity index (χ3n) is 3.84. The monoisotopic (exact) mass is 316 g/mol. The van der Waals surface area contributed by atoms with Crippen molar-refractivity contribution >= 4 is 23.3 Å². The lowest BCUT2D eigenvalue weighted by Gasteiger charge is -2.22. The van der Waals surface area contributed by atoms with Crippen LogP contribution in [-0.4, -0.2) is 23.3 Å². The van der Waals surface area contributed by atoms with E-state index >= 15 is 0 Å². The molecule has 0 fully saturated rings. The van der Waals surface area contributed by atoms with Crippen LogP contribution < -0.4 is 10.6 Å². The van der Waals surface area contributed by atoms with Crippen LogP contribution in [0.1, 0.15) is 11.1 Å². The summed E-state index contributed by atoms with van der Waals surface area (Å²) in [6.07, 6.45) is 1.12. The molecular weight excluding hydrogens is 300 g/mol. The summed E-state index contributed by atoms with van der Waals surface area (Å²) in [5, 5.41) is 16.7. The number of benzene rings is 2. The van der Waals surface area contributed by atoms with Crippen molar-refractivity contribution in [1.29, 1.82) is 0 Å². The van der Waals surface area contributed by atoms with Crippen molar-refractivity contribution in [2.75, 3.05) is 11.9 Å². The number of urea groups is 1. The molecule has 0 bridgehead atoms. The number of halogens is 1. The van der Waals surface area contributed by atoms with Crippen molar-refractivity contribution in [3.05, 3.63) is 64.7 Å². The summed E-state index contributed by atoms with van der Waals surface area (Å²) in [6.45, 7) is 0.209. The van der Waals surface area contributed by atoms with Crippen LogP contribution in [0.2, 0.25) is 5.02 Å². The average Bonchev–Trinajstić information content (AvgIpc) is 2.84. The second kappa shape index (κ2) is 5.99. The zero-order valence-electron chi connectivity index (χ0n) is 12.0. The third-order valence-corrected chi connectivity index (χ3v) is 4.09. The Labute approximate surface area is 134 Å². The number of fused-ring (bicyclic) bond motifs is 1. The van der Waals surface area contributed by atoms with E-state index in [9.17, 15) is 9.90 Å². The highest BCUT2D eigenvalue weighted by Crippen LogP contribution is 2.29. The molecule has 0 aromatic heterocycles. The van der Waals surface area contributed by atoms with Crippen LogP contribution in [0.3, 0.4) is 0 Å². The van der Waals surface area contributed by atoms with Gasteiger partial charge in [-0.05, 0) is 35.4 Å². The van der Waals surface area contributed by atoms with Crippen LogP contribution in [0.5, 0.6) is 0 Å². The summed E-state index contributed by atoms with van der Waals surface area (Å²) < 4.78 is 0. The van der Waals surface area contributed by atoms with Crippen molar-refractivity contribution in [1.82, 2.24) is 5.32 Å². The van der Waals surface area contributed by atoms with Gasteiger partial charge >= 0.3 is 6.03 Å². The van der Waals surface area contributed by atoms with Gasteiger partial charge in [-0.15, -0.1) is 0 Å². The lowest BCUT2D eigenvalue weighted by atomic mass is 10.0. The first-order valence-electron chi connectivity index (χ1n) is 7.14. The zero-order valence-corrected chi connectivity index (χ0v) is 12.7. The van der Waals surface area contributed by atoms with E-state index in [0.717, 1.165) is 11.1 Å². The Morgan fingerprint density at radius 3 is 2.27 bits per heavy atom. The molecule has 2 aromatic rings. The van der Waals surface area contributed by atoms with Gasteiger partial charge in [0.05, 0.1) is 5.60 Å². The van der Waals surface area contributed by atoms with Gasteiger partial charge in [-0.1, -0.05) is 35.9 Å². The standard InChI is InChI=1S/C17H17ClN2O2/c18-14-5-7-15(8-6-14)20-16(21)19-11-17(22)9-12-3-1-2-4-13(12)10-17/h1-8,22H,9-11H2,(H2,19,20,21). The maximum Gasteiger partial charge on any atom is 0.319 e. The number of anilines is 1. The Kier molecular flexibility index (Phi) is 4.05. The summed E-state index contributed by atoms with van der Waals surface area (Å²) in [7, 11) is 0. The minimum atomic E-state index is -0.916. The summed E-state index contributed by atoms with van der Waals surface area (Å²) in [5.41, 5.74) is 2.03. The molecule has 0 aliphatic heterocycles. The number of hydrogen-bond acceptors (Lipinski definition) is 2. The second-order valence-electron chi connectivity index (χ2n) is 5.66. The summed E-state index contributed by atoms with van der Waals surface area (Å²) in [6, 6.07) is 14.5. The molecule has 0 saturated carbocycles. The molecule has 0 radical (unpaired) electrons. The lowest BCUT2D eigenvalue weighted by molar-refractivity contribution is 0.0541. The van der Waals surface area contributed by atoms with Crippen LogP contribution >= 0.6 is 11.6 Å². The van der Waals surface area contributed by atoms with E-state index in [0.29, 0.717) is 23.6 Å². The molecule has 5 heteroatoms. The Hall–Kier alpha value is -2.04. The average molecular weight is 317 g/mol. The van der Waals surface area contributed by atoms with E-state index in [-0.39, 0.29) is 12.6 Å². The molecular formula is C17H17ClN2O2. The molecule has 0 atom stereocenters.